The van der Waals surface area contributed by atoms with Gasteiger partial charge in [0.15, 0.2) is 0 Å². The molecule has 2 N–H and O–H groups in total. The van der Waals surface area contributed by atoms with E-state index < -0.39 is 16.9 Å². The Kier molecular flexibility index (Phi) is 5.33. The summed E-state index contributed by atoms with van der Waals surface area (Å²) in [5.41, 5.74) is 7.22. The van der Waals surface area contributed by atoms with Crippen LogP contribution < -0.4 is 10.6 Å². The zero-order valence-corrected chi connectivity index (χ0v) is 14.6. The molecule has 0 spiro atoms. The van der Waals surface area contributed by atoms with Crippen LogP contribution in [0, 0.1) is 21.4 Å². The van der Waals surface area contributed by atoms with Crippen LogP contribution in [0.2, 0.25) is 0 Å². The fourth-order valence-electron chi connectivity index (χ4n) is 3.41. The van der Waals surface area contributed by atoms with Gasteiger partial charge in [-0.2, -0.15) is 5.26 Å². The van der Waals surface area contributed by atoms with Crippen LogP contribution in [-0.4, -0.2) is 41.9 Å². The molecule has 3 rings (SSSR count). The van der Waals surface area contributed by atoms with Gasteiger partial charge in [-0.1, -0.05) is 30.3 Å². The van der Waals surface area contributed by atoms with Crippen molar-refractivity contribution in [2.45, 2.75) is 6.04 Å². The minimum atomic E-state index is -0.534. The average molecular weight is 365 g/mol. The molecule has 2 aromatic carbocycles. The first kappa shape index (κ1) is 18.4. The molecule has 2 aromatic rings. The highest BCUT2D eigenvalue weighted by Gasteiger charge is 2.30. The Balaban J connectivity index is 1.80. The number of hydrogen-bond acceptors (Lipinski definition) is 6. The summed E-state index contributed by atoms with van der Waals surface area (Å²) in [6.07, 6.45) is 0. The van der Waals surface area contributed by atoms with Crippen LogP contribution in [0.1, 0.15) is 17.2 Å². The second-order valence-corrected chi connectivity index (χ2v) is 6.31. The number of carbonyl (C=O) groups excluding carboxylic acids is 1. The lowest BCUT2D eigenvalue weighted by atomic mass is 10.0. The summed E-state index contributed by atoms with van der Waals surface area (Å²) >= 11 is 0. The fraction of sp³-hybridized carbons (Fsp3) is 0.263. The van der Waals surface area contributed by atoms with Crippen LogP contribution in [-0.2, 0) is 4.79 Å². The summed E-state index contributed by atoms with van der Waals surface area (Å²) in [6, 6.07) is 15.1. The van der Waals surface area contributed by atoms with Gasteiger partial charge in [0.05, 0.1) is 16.6 Å². The molecule has 1 atom stereocenters. The van der Waals surface area contributed by atoms with Crippen molar-refractivity contribution in [2.75, 3.05) is 31.1 Å². The topological polar surface area (TPSA) is 116 Å². The number of piperazine rings is 1. The molecule has 1 fully saturated rings. The van der Waals surface area contributed by atoms with Crippen molar-refractivity contribution in [3.05, 3.63) is 69.8 Å². The molecule has 1 unspecified atom stereocenters. The Morgan fingerprint density at radius 1 is 1.15 bits per heavy atom. The number of nitro groups is 1. The summed E-state index contributed by atoms with van der Waals surface area (Å²) < 4.78 is 0. The molecule has 0 bridgehead atoms. The predicted octanol–water partition coefficient (Wildman–Crippen LogP) is 1.82. The molecule has 0 radical (unpaired) electrons. The van der Waals surface area contributed by atoms with Gasteiger partial charge in [-0.3, -0.25) is 19.8 Å². The Hall–Kier alpha value is -3.44. The standard InChI is InChI=1S/C19H19N5O3/c20-13-14-6-7-16(24(26)27)17(12-14)22-8-10-23(11-9-22)18(19(21)25)15-4-2-1-3-5-15/h1-7,12,18H,8-11H2,(H2,21,25). The fourth-order valence-corrected chi connectivity index (χ4v) is 3.41. The lowest BCUT2D eigenvalue weighted by Crippen LogP contribution is -2.50. The lowest BCUT2D eigenvalue weighted by Gasteiger charge is -2.39. The van der Waals surface area contributed by atoms with Gasteiger partial charge in [-0.15, -0.1) is 0 Å². The number of primary amides is 1. The van der Waals surface area contributed by atoms with E-state index in [9.17, 15) is 14.9 Å². The smallest absolute Gasteiger partial charge is 0.292 e. The largest absolute Gasteiger partial charge is 0.368 e. The highest BCUT2D eigenvalue weighted by atomic mass is 16.6. The van der Waals surface area contributed by atoms with E-state index in [0.717, 1.165) is 5.56 Å². The molecule has 1 heterocycles. The van der Waals surface area contributed by atoms with E-state index in [1.54, 1.807) is 0 Å². The molecule has 1 saturated heterocycles. The van der Waals surface area contributed by atoms with Gasteiger partial charge in [0.1, 0.15) is 11.7 Å². The average Bonchev–Trinajstić information content (AvgIpc) is 2.68. The van der Waals surface area contributed by atoms with Gasteiger partial charge in [0.2, 0.25) is 5.91 Å². The molecule has 27 heavy (non-hydrogen) atoms. The third-order valence-corrected chi connectivity index (χ3v) is 4.71. The first-order chi connectivity index (χ1) is 13.0. The summed E-state index contributed by atoms with van der Waals surface area (Å²) in [6.45, 7) is 2.03. The second-order valence-electron chi connectivity index (χ2n) is 6.31. The normalized spacial score (nSPS) is 15.7. The van der Waals surface area contributed by atoms with Gasteiger partial charge >= 0.3 is 0 Å². The summed E-state index contributed by atoms with van der Waals surface area (Å²) in [5.74, 6) is -0.424. The molecule has 138 valence electrons. The minimum absolute atomic E-state index is 0.0306. The van der Waals surface area contributed by atoms with Gasteiger partial charge in [-0.25, -0.2) is 0 Å². The first-order valence-electron chi connectivity index (χ1n) is 8.53. The van der Waals surface area contributed by atoms with E-state index in [1.807, 2.05) is 46.2 Å². The molecule has 1 amide bonds. The van der Waals surface area contributed by atoms with Gasteiger partial charge in [0.25, 0.3) is 5.69 Å². The maximum atomic E-state index is 12.0. The summed E-state index contributed by atoms with van der Waals surface area (Å²) in [5, 5.41) is 20.4. The van der Waals surface area contributed by atoms with Crippen LogP contribution in [0.3, 0.4) is 0 Å². The molecular weight excluding hydrogens is 346 g/mol. The maximum absolute atomic E-state index is 12.0. The Morgan fingerprint density at radius 2 is 1.81 bits per heavy atom. The minimum Gasteiger partial charge on any atom is -0.368 e. The number of anilines is 1. The third-order valence-electron chi connectivity index (χ3n) is 4.71. The molecule has 0 aromatic heterocycles. The molecule has 1 aliphatic heterocycles. The van der Waals surface area contributed by atoms with Crippen molar-refractivity contribution in [1.29, 1.82) is 5.26 Å². The molecule has 1 aliphatic rings. The number of nitrogens with two attached hydrogens (primary N) is 1. The van der Waals surface area contributed by atoms with Crippen molar-refractivity contribution in [1.82, 2.24) is 4.90 Å². The van der Waals surface area contributed by atoms with Gasteiger partial charge in [-0.05, 0) is 17.7 Å². The van der Waals surface area contributed by atoms with E-state index in [2.05, 4.69) is 0 Å². The maximum Gasteiger partial charge on any atom is 0.292 e. The van der Waals surface area contributed by atoms with Crippen LogP contribution in [0.15, 0.2) is 48.5 Å². The number of nitrogens with zero attached hydrogens (tertiary/aromatic N) is 4. The van der Waals surface area contributed by atoms with Crippen LogP contribution >= 0.6 is 0 Å². The van der Waals surface area contributed by atoms with E-state index >= 15 is 0 Å². The SMILES string of the molecule is N#Cc1ccc([N+](=O)[O-])c(N2CCN(C(C(N)=O)c3ccccc3)CC2)c1. The number of amides is 1. The van der Waals surface area contributed by atoms with E-state index in [4.69, 9.17) is 11.0 Å². The molecule has 8 nitrogen and oxygen atoms in total. The molecular formula is C19H19N5O3. The molecule has 0 aliphatic carbocycles. The number of hydrogen-bond donors (Lipinski definition) is 1. The highest BCUT2D eigenvalue weighted by Crippen LogP contribution is 2.31. The number of rotatable bonds is 5. The van der Waals surface area contributed by atoms with Crippen molar-refractivity contribution in [3.63, 3.8) is 0 Å². The highest BCUT2D eigenvalue weighted by molar-refractivity contribution is 5.81. The van der Waals surface area contributed by atoms with Crippen molar-refractivity contribution in [2.24, 2.45) is 5.73 Å². The second kappa shape index (κ2) is 7.85. The molecule has 8 heteroatoms. The van der Waals surface area contributed by atoms with E-state index in [1.165, 1.54) is 18.2 Å². The monoisotopic (exact) mass is 365 g/mol. The Morgan fingerprint density at radius 3 is 2.37 bits per heavy atom. The third kappa shape index (κ3) is 3.88. The zero-order valence-electron chi connectivity index (χ0n) is 14.6. The van der Waals surface area contributed by atoms with Crippen LogP contribution in [0.5, 0.6) is 0 Å². The van der Waals surface area contributed by atoms with Gasteiger partial charge in [0, 0.05) is 32.2 Å². The number of carbonyl (C=O) groups is 1. The summed E-state index contributed by atoms with van der Waals surface area (Å²) in [7, 11) is 0. The number of nitriles is 1. The van der Waals surface area contributed by atoms with E-state index in [0.29, 0.717) is 37.4 Å². The van der Waals surface area contributed by atoms with E-state index in [-0.39, 0.29) is 5.69 Å². The van der Waals surface area contributed by atoms with Crippen LogP contribution in [0.25, 0.3) is 0 Å². The Bertz CT molecular complexity index is 886. The number of benzene rings is 2. The number of nitro benzene ring substituents is 1. The zero-order chi connectivity index (χ0) is 19.4. The quantitative estimate of drug-likeness (QED) is 0.638. The predicted molar refractivity (Wildman–Crippen MR) is 100.0 cm³/mol. The Labute approximate surface area is 156 Å². The van der Waals surface area contributed by atoms with Crippen molar-refractivity contribution < 1.29 is 9.72 Å². The van der Waals surface area contributed by atoms with Crippen LogP contribution in [0.4, 0.5) is 11.4 Å². The lowest BCUT2D eigenvalue weighted by molar-refractivity contribution is -0.384. The van der Waals surface area contributed by atoms with Crippen molar-refractivity contribution in [3.8, 4) is 6.07 Å². The van der Waals surface area contributed by atoms with Crippen molar-refractivity contribution >= 4 is 17.3 Å². The van der Waals surface area contributed by atoms with Gasteiger partial charge < -0.3 is 10.6 Å². The first-order valence-corrected chi connectivity index (χ1v) is 8.53. The summed E-state index contributed by atoms with van der Waals surface area (Å²) in [4.78, 5) is 26.8. The molecule has 0 saturated carbocycles.